The standard InChI is InChI=1S/C10H11ClO3/c1-6(2)14-7-3-4-8(10(12)13)9(11)5-7/h3-6H,1-2H3,(H,12,13). The average molecular weight is 215 g/mol. The SMILES string of the molecule is CC(C)Oc1ccc(C(=O)O)c(Cl)c1. The lowest BCUT2D eigenvalue weighted by atomic mass is 10.2. The zero-order valence-corrected chi connectivity index (χ0v) is 8.71. The molecule has 76 valence electrons. The number of halogens is 1. The lowest BCUT2D eigenvalue weighted by molar-refractivity contribution is 0.0697. The number of carboxylic acid groups (broad SMARTS) is 1. The Morgan fingerprint density at radius 1 is 1.50 bits per heavy atom. The highest BCUT2D eigenvalue weighted by molar-refractivity contribution is 6.33. The Hall–Kier alpha value is -1.22. The molecule has 1 aromatic carbocycles. The first kappa shape index (κ1) is 10.9. The Morgan fingerprint density at radius 2 is 2.14 bits per heavy atom. The van der Waals surface area contributed by atoms with Crippen molar-refractivity contribution in [2.24, 2.45) is 0 Å². The number of aromatic carboxylic acids is 1. The zero-order valence-electron chi connectivity index (χ0n) is 7.95. The first-order chi connectivity index (χ1) is 6.50. The molecule has 0 aliphatic heterocycles. The minimum atomic E-state index is -1.04. The Labute approximate surface area is 87.3 Å². The van der Waals surface area contributed by atoms with E-state index in [2.05, 4.69) is 0 Å². The van der Waals surface area contributed by atoms with E-state index in [1.54, 1.807) is 6.07 Å². The van der Waals surface area contributed by atoms with E-state index in [4.69, 9.17) is 21.4 Å². The smallest absolute Gasteiger partial charge is 0.337 e. The molecule has 14 heavy (non-hydrogen) atoms. The van der Waals surface area contributed by atoms with Crippen LogP contribution in [-0.4, -0.2) is 17.2 Å². The van der Waals surface area contributed by atoms with Crippen molar-refractivity contribution in [1.82, 2.24) is 0 Å². The van der Waals surface area contributed by atoms with Gasteiger partial charge in [-0.15, -0.1) is 0 Å². The van der Waals surface area contributed by atoms with Gasteiger partial charge in [-0.25, -0.2) is 4.79 Å². The lowest BCUT2D eigenvalue weighted by Crippen LogP contribution is -2.06. The molecule has 4 heteroatoms. The third-order valence-corrected chi connectivity index (χ3v) is 1.86. The Bertz CT molecular complexity index is 347. The van der Waals surface area contributed by atoms with Gasteiger partial charge in [0.05, 0.1) is 16.7 Å². The molecule has 0 spiro atoms. The summed E-state index contributed by atoms with van der Waals surface area (Å²) >= 11 is 5.75. The molecule has 0 bridgehead atoms. The van der Waals surface area contributed by atoms with Gasteiger partial charge < -0.3 is 9.84 Å². The van der Waals surface area contributed by atoms with Gasteiger partial charge in [-0.1, -0.05) is 11.6 Å². The number of carboxylic acids is 1. The highest BCUT2D eigenvalue weighted by Gasteiger charge is 2.09. The summed E-state index contributed by atoms with van der Waals surface area (Å²) in [6.07, 6.45) is 0.0433. The molecule has 0 atom stereocenters. The molecule has 0 unspecified atom stereocenters. The van der Waals surface area contributed by atoms with Crippen LogP contribution in [0.2, 0.25) is 5.02 Å². The highest BCUT2D eigenvalue weighted by atomic mass is 35.5. The van der Waals surface area contributed by atoms with E-state index in [0.717, 1.165) is 0 Å². The third kappa shape index (κ3) is 2.64. The van der Waals surface area contributed by atoms with Gasteiger partial charge in [0.2, 0.25) is 0 Å². The van der Waals surface area contributed by atoms with Crippen LogP contribution < -0.4 is 4.74 Å². The summed E-state index contributed by atoms with van der Waals surface area (Å²) < 4.78 is 5.35. The summed E-state index contributed by atoms with van der Waals surface area (Å²) in [5, 5.41) is 8.90. The molecule has 3 nitrogen and oxygen atoms in total. The molecule has 1 rings (SSSR count). The first-order valence-corrected chi connectivity index (χ1v) is 4.58. The van der Waals surface area contributed by atoms with E-state index in [1.807, 2.05) is 13.8 Å². The maximum Gasteiger partial charge on any atom is 0.337 e. The normalized spacial score (nSPS) is 10.3. The van der Waals surface area contributed by atoms with Crippen LogP contribution in [0, 0.1) is 0 Å². The average Bonchev–Trinajstić information content (AvgIpc) is 2.01. The minimum absolute atomic E-state index is 0.0433. The van der Waals surface area contributed by atoms with E-state index in [1.165, 1.54) is 12.1 Å². The molecule has 0 heterocycles. The second-order valence-electron chi connectivity index (χ2n) is 3.11. The van der Waals surface area contributed by atoms with Gasteiger partial charge in [0.1, 0.15) is 5.75 Å². The summed E-state index contributed by atoms with van der Waals surface area (Å²) in [6, 6.07) is 4.53. The quantitative estimate of drug-likeness (QED) is 0.842. The molecule has 0 aliphatic carbocycles. The summed E-state index contributed by atoms with van der Waals surface area (Å²) in [6.45, 7) is 3.78. The van der Waals surface area contributed by atoms with Gasteiger partial charge in [0.25, 0.3) is 0 Å². The second kappa shape index (κ2) is 4.33. The largest absolute Gasteiger partial charge is 0.491 e. The second-order valence-corrected chi connectivity index (χ2v) is 3.52. The number of hydrogen-bond donors (Lipinski definition) is 1. The lowest BCUT2D eigenvalue weighted by Gasteiger charge is -2.10. The monoisotopic (exact) mass is 214 g/mol. The van der Waals surface area contributed by atoms with Crippen LogP contribution in [0.15, 0.2) is 18.2 Å². The van der Waals surface area contributed by atoms with Crippen LogP contribution in [0.25, 0.3) is 0 Å². The van der Waals surface area contributed by atoms with Crippen LogP contribution in [0.3, 0.4) is 0 Å². The summed E-state index contributed by atoms with van der Waals surface area (Å²) in [5.74, 6) is -0.457. The molecular formula is C10H11ClO3. The molecule has 0 saturated carbocycles. The molecule has 0 aliphatic rings. The van der Waals surface area contributed by atoms with Gasteiger partial charge in [-0.2, -0.15) is 0 Å². The van der Waals surface area contributed by atoms with Gasteiger partial charge in [0, 0.05) is 0 Å². The number of benzene rings is 1. The van der Waals surface area contributed by atoms with Crippen molar-refractivity contribution in [2.45, 2.75) is 20.0 Å². The number of hydrogen-bond acceptors (Lipinski definition) is 2. The third-order valence-electron chi connectivity index (χ3n) is 1.54. The van der Waals surface area contributed by atoms with E-state index in [-0.39, 0.29) is 16.7 Å². The van der Waals surface area contributed by atoms with Gasteiger partial charge in [-0.3, -0.25) is 0 Å². The topological polar surface area (TPSA) is 46.5 Å². The summed E-state index contributed by atoms with van der Waals surface area (Å²) in [7, 11) is 0. The van der Waals surface area contributed by atoms with Crippen LogP contribution in [0.4, 0.5) is 0 Å². The molecule has 1 N–H and O–H groups in total. The molecule has 1 aromatic rings. The summed E-state index contributed by atoms with van der Waals surface area (Å²) in [4.78, 5) is 10.6. The van der Waals surface area contributed by atoms with Crippen LogP contribution >= 0.6 is 11.6 Å². The van der Waals surface area contributed by atoms with Crippen LogP contribution in [0.5, 0.6) is 5.75 Å². The predicted octanol–water partition coefficient (Wildman–Crippen LogP) is 2.83. The van der Waals surface area contributed by atoms with Gasteiger partial charge >= 0.3 is 5.97 Å². The molecular weight excluding hydrogens is 204 g/mol. The van der Waals surface area contributed by atoms with Crippen LogP contribution in [0.1, 0.15) is 24.2 Å². The van der Waals surface area contributed by atoms with Crippen molar-refractivity contribution in [1.29, 1.82) is 0 Å². The van der Waals surface area contributed by atoms with E-state index in [0.29, 0.717) is 5.75 Å². The van der Waals surface area contributed by atoms with Crippen molar-refractivity contribution >= 4 is 17.6 Å². The van der Waals surface area contributed by atoms with E-state index in [9.17, 15) is 4.79 Å². The molecule has 0 radical (unpaired) electrons. The number of carbonyl (C=O) groups is 1. The van der Waals surface area contributed by atoms with Crippen molar-refractivity contribution < 1.29 is 14.6 Å². The number of rotatable bonds is 3. The first-order valence-electron chi connectivity index (χ1n) is 4.20. The van der Waals surface area contributed by atoms with Crippen molar-refractivity contribution in [3.63, 3.8) is 0 Å². The zero-order chi connectivity index (χ0) is 10.7. The van der Waals surface area contributed by atoms with Crippen LogP contribution in [-0.2, 0) is 0 Å². The number of ether oxygens (including phenoxy) is 1. The van der Waals surface area contributed by atoms with Gasteiger partial charge in [-0.05, 0) is 32.0 Å². The van der Waals surface area contributed by atoms with Crippen molar-refractivity contribution in [3.05, 3.63) is 28.8 Å². The fraction of sp³-hybridized carbons (Fsp3) is 0.300. The molecule has 0 aromatic heterocycles. The van der Waals surface area contributed by atoms with E-state index >= 15 is 0 Å². The fourth-order valence-electron chi connectivity index (χ4n) is 1.01. The maximum absolute atomic E-state index is 10.6. The Kier molecular flexibility index (Phi) is 3.36. The van der Waals surface area contributed by atoms with Crippen molar-refractivity contribution in [2.75, 3.05) is 0 Å². The highest BCUT2D eigenvalue weighted by Crippen LogP contribution is 2.23. The van der Waals surface area contributed by atoms with E-state index < -0.39 is 5.97 Å². The Balaban J connectivity index is 2.94. The van der Waals surface area contributed by atoms with Crippen molar-refractivity contribution in [3.8, 4) is 5.75 Å². The Morgan fingerprint density at radius 3 is 2.57 bits per heavy atom. The molecule has 0 fully saturated rings. The minimum Gasteiger partial charge on any atom is -0.491 e. The summed E-state index contributed by atoms with van der Waals surface area (Å²) in [5.41, 5.74) is 0.0859. The predicted molar refractivity (Wildman–Crippen MR) is 54.2 cm³/mol. The fourth-order valence-corrected chi connectivity index (χ4v) is 1.27. The molecule has 0 amide bonds. The van der Waals surface area contributed by atoms with Gasteiger partial charge in [0.15, 0.2) is 0 Å². The maximum atomic E-state index is 10.6. The molecule has 0 saturated heterocycles.